The van der Waals surface area contributed by atoms with Crippen LogP contribution in [0.5, 0.6) is 0 Å². The predicted octanol–water partition coefficient (Wildman–Crippen LogP) is 2.05. The molecule has 1 aromatic rings. The Morgan fingerprint density at radius 3 is 2.47 bits per heavy atom. The van der Waals surface area contributed by atoms with Crippen LogP contribution in [0.1, 0.15) is 31.1 Å². The lowest BCUT2D eigenvalue weighted by molar-refractivity contribution is 0.00703. The van der Waals surface area contributed by atoms with Crippen LogP contribution >= 0.6 is 0 Å². The van der Waals surface area contributed by atoms with Gasteiger partial charge in [-0.05, 0) is 32.9 Å². The van der Waals surface area contributed by atoms with E-state index in [0.29, 0.717) is 5.56 Å². The Morgan fingerprint density at radius 2 is 1.84 bits per heavy atom. The standard InChI is InChI=1S/C15H22N2O2/c1-15(2,3)19-14(18)12-6-4-5-7-13(12)17-10-8-16-9-11-17/h4-7,16H,8-11H2,1-3H3. The van der Waals surface area contributed by atoms with E-state index in [9.17, 15) is 4.79 Å². The third kappa shape index (κ3) is 3.70. The Kier molecular flexibility index (Phi) is 4.10. The highest BCUT2D eigenvalue weighted by Crippen LogP contribution is 2.23. The van der Waals surface area contributed by atoms with Gasteiger partial charge in [-0.2, -0.15) is 0 Å². The van der Waals surface area contributed by atoms with Crippen LogP contribution in [0.3, 0.4) is 0 Å². The maximum absolute atomic E-state index is 12.3. The summed E-state index contributed by atoms with van der Waals surface area (Å²) in [6, 6.07) is 7.67. The fourth-order valence-corrected chi connectivity index (χ4v) is 2.16. The number of para-hydroxylation sites is 1. The molecule has 1 heterocycles. The zero-order valence-electron chi connectivity index (χ0n) is 11.9. The molecule has 0 aliphatic carbocycles. The minimum atomic E-state index is -0.465. The number of anilines is 1. The van der Waals surface area contributed by atoms with Crippen molar-refractivity contribution in [2.45, 2.75) is 26.4 Å². The summed E-state index contributed by atoms with van der Waals surface area (Å²) in [6.45, 7) is 9.39. The molecular weight excluding hydrogens is 240 g/mol. The molecule has 1 aliphatic rings. The molecule has 0 unspecified atom stereocenters. The van der Waals surface area contributed by atoms with Gasteiger partial charge in [0.2, 0.25) is 0 Å². The van der Waals surface area contributed by atoms with Gasteiger partial charge < -0.3 is 15.0 Å². The third-order valence-corrected chi connectivity index (χ3v) is 2.98. The number of carbonyl (C=O) groups excluding carboxylic acids is 1. The second-order valence-corrected chi connectivity index (χ2v) is 5.76. The lowest BCUT2D eigenvalue weighted by Gasteiger charge is -2.31. The Labute approximate surface area is 114 Å². The summed E-state index contributed by atoms with van der Waals surface area (Å²) < 4.78 is 5.47. The molecule has 4 nitrogen and oxygen atoms in total. The molecule has 2 rings (SSSR count). The molecule has 1 N–H and O–H groups in total. The van der Waals surface area contributed by atoms with Crippen molar-refractivity contribution in [3.05, 3.63) is 29.8 Å². The highest BCUT2D eigenvalue weighted by molar-refractivity contribution is 5.96. The molecule has 1 fully saturated rings. The van der Waals surface area contributed by atoms with Gasteiger partial charge in [0, 0.05) is 26.2 Å². The second kappa shape index (κ2) is 5.61. The molecule has 0 spiro atoms. The first-order valence-corrected chi connectivity index (χ1v) is 6.75. The fraction of sp³-hybridized carbons (Fsp3) is 0.533. The van der Waals surface area contributed by atoms with Crippen molar-refractivity contribution in [2.24, 2.45) is 0 Å². The number of rotatable bonds is 2. The number of benzene rings is 1. The summed E-state index contributed by atoms with van der Waals surface area (Å²) >= 11 is 0. The first-order valence-electron chi connectivity index (χ1n) is 6.75. The molecule has 4 heteroatoms. The van der Waals surface area contributed by atoms with Crippen LogP contribution in [0.25, 0.3) is 0 Å². The molecule has 0 aromatic heterocycles. The minimum Gasteiger partial charge on any atom is -0.456 e. The van der Waals surface area contributed by atoms with Crippen molar-refractivity contribution in [2.75, 3.05) is 31.1 Å². The van der Waals surface area contributed by atoms with E-state index in [0.717, 1.165) is 31.9 Å². The van der Waals surface area contributed by atoms with Gasteiger partial charge in [0.05, 0.1) is 11.3 Å². The Bertz CT molecular complexity index is 446. The van der Waals surface area contributed by atoms with Gasteiger partial charge in [0.25, 0.3) is 0 Å². The molecule has 0 radical (unpaired) electrons. The molecule has 0 bridgehead atoms. The number of nitrogens with zero attached hydrogens (tertiary/aromatic N) is 1. The Morgan fingerprint density at radius 1 is 1.21 bits per heavy atom. The summed E-state index contributed by atoms with van der Waals surface area (Å²) in [5.74, 6) is -0.248. The van der Waals surface area contributed by atoms with Crippen molar-refractivity contribution in [1.82, 2.24) is 5.32 Å². The third-order valence-electron chi connectivity index (χ3n) is 2.98. The number of carbonyl (C=O) groups is 1. The molecule has 0 amide bonds. The molecule has 104 valence electrons. The molecular formula is C15H22N2O2. The number of esters is 1. The summed E-state index contributed by atoms with van der Waals surface area (Å²) in [4.78, 5) is 14.5. The highest BCUT2D eigenvalue weighted by atomic mass is 16.6. The fourth-order valence-electron chi connectivity index (χ4n) is 2.16. The van der Waals surface area contributed by atoms with Crippen LogP contribution in [-0.2, 0) is 4.74 Å². The number of nitrogens with one attached hydrogen (secondary N) is 1. The van der Waals surface area contributed by atoms with E-state index in [1.165, 1.54) is 0 Å². The van der Waals surface area contributed by atoms with E-state index in [-0.39, 0.29) is 5.97 Å². The van der Waals surface area contributed by atoms with E-state index in [1.807, 2.05) is 45.0 Å². The van der Waals surface area contributed by atoms with Crippen LogP contribution in [0.2, 0.25) is 0 Å². The van der Waals surface area contributed by atoms with E-state index in [2.05, 4.69) is 10.2 Å². The van der Waals surface area contributed by atoms with Crippen LogP contribution in [-0.4, -0.2) is 37.7 Å². The van der Waals surface area contributed by atoms with Gasteiger partial charge in [-0.25, -0.2) is 4.79 Å². The second-order valence-electron chi connectivity index (χ2n) is 5.76. The van der Waals surface area contributed by atoms with E-state index in [1.54, 1.807) is 0 Å². The van der Waals surface area contributed by atoms with Crippen molar-refractivity contribution < 1.29 is 9.53 Å². The van der Waals surface area contributed by atoms with Gasteiger partial charge in [0.1, 0.15) is 5.60 Å². The minimum absolute atomic E-state index is 0.248. The average molecular weight is 262 g/mol. The average Bonchev–Trinajstić information content (AvgIpc) is 2.38. The van der Waals surface area contributed by atoms with Crippen molar-refractivity contribution >= 4 is 11.7 Å². The summed E-state index contributed by atoms with van der Waals surface area (Å²) in [5, 5.41) is 3.31. The van der Waals surface area contributed by atoms with Gasteiger partial charge in [-0.1, -0.05) is 12.1 Å². The lowest BCUT2D eigenvalue weighted by Crippen LogP contribution is -2.44. The van der Waals surface area contributed by atoms with Gasteiger partial charge in [-0.3, -0.25) is 0 Å². The topological polar surface area (TPSA) is 41.6 Å². The van der Waals surface area contributed by atoms with Crippen molar-refractivity contribution in [1.29, 1.82) is 0 Å². The van der Waals surface area contributed by atoms with Crippen molar-refractivity contribution in [3.8, 4) is 0 Å². The van der Waals surface area contributed by atoms with Crippen LogP contribution in [0.15, 0.2) is 24.3 Å². The molecule has 1 aromatic carbocycles. The first kappa shape index (κ1) is 13.9. The van der Waals surface area contributed by atoms with Crippen LogP contribution < -0.4 is 10.2 Å². The summed E-state index contributed by atoms with van der Waals surface area (Å²) in [7, 11) is 0. The first-order chi connectivity index (χ1) is 8.97. The molecule has 1 aliphatic heterocycles. The smallest absolute Gasteiger partial charge is 0.340 e. The van der Waals surface area contributed by atoms with E-state index < -0.39 is 5.60 Å². The quantitative estimate of drug-likeness (QED) is 0.828. The monoisotopic (exact) mass is 262 g/mol. The number of ether oxygens (including phenoxy) is 1. The summed E-state index contributed by atoms with van der Waals surface area (Å²) in [6.07, 6.45) is 0. The zero-order chi connectivity index (χ0) is 13.9. The normalized spacial score (nSPS) is 16.3. The van der Waals surface area contributed by atoms with E-state index >= 15 is 0 Å². The number of hydrogen-bond acceptors (Lipinski definition) is 4. The summed E-state index contributed by atoms with van der Waals surface area (Å²) in [5.41, 5.74) is 1.16. The molecule has 1 saturated heterocycles. The van der Waals surface area contributed by atoms with Crippen LogP contribution in [0.4, 0.5) is 5.69 Å². The lowest BCUT2D eigenvalue weighted by atomic mass is 10.1. The van der Waals surface area contributed by atoms with Gasteiger partial charge >= 0.3 is 5.97 Å². The Balaban J connectivity index is 2.22. The van der Waals surface area contributed by atoms with Gasteiger partial charge in [0.15, 0.2) is 0 Å². The van der Waals surface area contributed by atoms with Crippen molar-refractivity contribution in [3.63, 3.8) is 0 Å². The zero-order valence-corrected chi connectivity index (χ0v) is 11.9. The number of hydrogen-bond donors (Lipinski definition) is 1. The molecule has 0 atom stereocenters. The maximum atomic E-state index is 12.3. The van der Waals surface area contributed by atoms with E-state index in [4.69, 9.17) is 4.74 Å². The highest BCUT2D eigenvalue weighted by Gasteiger charge is 2.22. The SMILES string of the molecule is CC(C)(C)OC(=O)c1ccccc1N1CCNCC1. The molecule has 19 heavy (non-hydrogen) atoms. The largest absolute Gasteiger partial charge is 0.456 e. The Hall–Kier alpha value is -1.55. The van der Waals surface area contributed by atoms with Crippen LogP contribution in [0, 0.1) is 0 Å². The predicted molar refractivity (Wildman–Crippen MR) is 76.7 cm³/mol. The van der Waals surface area contributed by atoms with Gasteiger partial charge in [-0.15, -0.1) is 0 Å². The maximum Gasteiger partial charge on any atom is 0.340 e. The number of piperazine rings is 1. The molecule has 0 saturated carbocycles.